The minimum absolute atomic E-state index is 0.0157. The van der Waals surface area contributed by atoms with Crippen LogP contribution < -0.4 is 9.47 Å². The van der Waals surface area contributed by atoms with Gasteiger partial charge in [-0.2, -0.15) is 4.39 Å². The van der Waals surface area contributed by atoms with Crippen LogP contribution in [0.2, 0.25) is 0 Å². The standard InChI is InChI=1S/C32H43F3O3/c1-3-5-19-37-26-14-15-27(29(33)20-26)23-8-6-22(7-9-23)21-38-30-17-16-28(31(34)32(30)35)24-10-12-25(13-11-24)36-18-4-2/h14-17,20,22-25H,3-13,18-19,21H2,1-2H3. The molecule has 0 atom stereocenters. The second-order valence-electron chi connectivity index (χ2n) is 11.0. The predicted octanol–water partition coefficient (Wildman–Crippen LogP) is 9.09. The third-order valence-corrected chi connectivity index (χ3v) is 8.25. The molecule has 210 valence electrons. The topological polar surface area (TPSA) is 27.7 Å². The van der Waals surface area contributed by atoms with Gasteiger partial charge in [0.2, 0.25) is 5.82 Å². The fourth-order valence-electron chi connectivity index (χ4n) is 5.91. The Balaban J connectivity index is 1.25. The lowest BCUT2D eigenvalue weighted by Crippen LogP contribution is -2.22. The third kappa shape index (κ3) is 7.46. The minimum atomic E-state index is -0.885. The summed E-state index contributed by atoms with van der Waals surface area (Å²) in [5, 5.41) is 0. The van der Waals surface area contributed by atoms with Crippen molar-refractivity contribution in [2.45, 2.75) is 102 Å². The molecule has 2 fully saturated rings. The summed E-state index contributed by atoms with van der Waals surface area (Å²) in [4.78, 5) is 0. The number of halogens is 3. The Bertz CT molecular complexity index is 1010. The second-order valence-corrected chi connectivity index (χ2v) is 11.0. The summed E-state index contributed by atoms with van der Waals surface area (Å²) in [5.74, 6) is -0.885. The average molecular weight is 533 g/mol. The molecule has 0 aliphatic heterocycles. The fourth-order valence-corrected chi connectivity index (χ4v) is 5.91. The molecule has 0 spiro atoms. The average Bonchev–Trinajstić information content (AvgIpc) is 2.94. The molecule has 0 unspecified atom stereocenters. The molecule has 0 amide bonds. The molecule has 2 aromatic carbocycles. The van der Waals surface area contributed by atoms with E-state index in [-0.39, 0.29) is 35.4 Å². The molecule has 0 radical (unpaired) electrons. The molecule has 6 heteroatoms. The van der Waals surface area contributed by atoms with Crippen LogP contribution in [0.3, 0.4) is 0 Å². The van der Waals surface area contributed by atoms with Crippen LogP contribution in [-0.4, -0.2) is 25.9 Å². The van der Waals surface area contributed by atoms with E-state index in [9.17, 15) is 13.2 Å². The first-order valence-electron chi connectivity index (χ1n) is 14.6. The minimum Gasteiger partial charge on any atom is -0.493 e. The largest absolute Gasteiger partial charge is 0.493 e. The molecule has 0 heterocycles. The molecule has 2 aliphatic rings. The molecule has 0 N–H and O–H groups in total. The number of hydrogen-bond acceptors (Lipinski definition) is 3. The SMILES string of the molecule is CCCCOc1ccc(C2CCC(COc3ccc(C4CCC(OCCC)CC4)c(F)c3F)CC2)c(F)c1. The van der Waals surface area contributed by atoms with Gasteiger partial charge >= 0.3 is 0 Å². The van der Waals surface area contributed by atoms with E-state index in [2.05, 4.69) is 13.8 Å². The van der Waals surface area contributed by atoms with Crippen molar-refractivity contribution in [1.29, 1.82) is 0 Å². The maximum atomic E-state index is 15.0. The van der Waals surface area contributed by atoms with Crippen molar-refractivity contribution in [3.05, 3.63) is 58.9 Å². The van der Waals surface area contributed by atoms with Gasteiger partial charge in [0.05, 0.1) is 19.3 Å². The summed E-state index contributed by atoms with van der Waals surface area (Å²) < 4.78 is 61.8. The number of benzene rings is 2. The van der Waals surface area contributed by atoms with E-state index >= 15 is 0 Å². The smallest absolute Gasteiger partial charge is 0.200 e. The molecule has 0 bridgehead atoms. The van der Waals surface area contributed by atoms with E-state index in [1.54, 1.807) is 12.1 Å². The summed E-state index contributed by atoms with van der Waals surface area (Å²) in [5.41, 5.74) is 1.19. The van der Waals surface area contributed by atoms with Crippen LogP contribution in [0.1, 0.15) is 107 Å². The lowest BCUT2D eigenvalue weighted by atomic mass is 9.79. The van der Waals surface area contributed by atoms with E-state index in [0.29, 0.717) is 24.5 Å². The van der Waals surface area contributed by atoms with Crippen molar-refractivity contribution < 1.29 is 27.4 Å². The Morgan fingerprint density at radius 2 is 1.39 bits per heavy atom. The van der Waals surface area contributed by atoms with E-state index in [1.165, 1.54) is 6.07 Å². The van der Waals surface area contributed by atoms with Crippen LogP contribution in [0.25, 0.3) is 0 Å². The van der Waals surface area contributed by atoms with Gasteiger partial charge in [-0.25, -0.2) is 8.78 Å². The lowest BCUT2D eigenvalue weighted by molar-refractivity contribution is 0.0248. The predicted molar refractivity (Wildman–Crippen MR) is 145 cm³/mol. The van der Waals surface area contributed by atoms with Crippen LogP contribution in [0.5, 0.6) is 11.5 Å². The monoisotopic (exact) mass is 532 g/mol. The highest BCUT2D eigenvalue weighted by atomic mass is 19.2. The molecule has 38 heavy (non-hydrogen) atoms. The Morgan fingerprint density at radius 3 is 2.08 bits per heavy atom. The van der Waals surface area contributed by atoms with Crippen molar-refractivity contribution in [1.82, 2.24) is 0 Å². The summed E-state index contributed by atoms with van der Waals surface area (Å²) in [6.07, 6.45) is 10.0. The van der Waals surface area contributed by atoms with Crippen molar-refractivity contribution >= 4 is 0 Å². The van der Waals surface area contributed by atoms with Crippen LogP contribution in [0, 0.1) is 23.4 Å². The molecule has 2 aliphatic carbocycles. The molecule has 3 nitrogen and oxygen atoms in total. The maximum absolute atomic E-state index is 15.0. The quantitative estimate of drug-likeness (QED) is 0.255. The zero-order chi connectivity index (χ0) is 26.9. The Kier molecular flexibility index (Phi) is 10.8. The van der Waals surface area contributed by atoms with E-state index in [4.69, 9.17) is 14.2 Å². The summed E-state index contributed by atoms with van der Waals surface area (Å²) in [7, 11) is 0. The van der Waals surface area contributed by atoms with Gasteiger partial charge in [0.25, 0.3) is 0 Å². The molecule has 2 aromatic rings. The summed E-state index contributed by atoms with van der Waals surface area (Å²) >= 11 is 0. The summed E-state index contributed by atoms with van der Waals surface area (Å²) in [6.45, 7) is 5.88. The molecule has 4 rings (SSSR count). The Labute approximate surface area is 226 Å². The third-order valence-electron chi connectivity index (χ3n) is 8.25. The molecule has 0 saturated heterocycles. The first-order chi connectivity index (χ1) is 18.5. The number of rotatable bonds is 12. The highest BCUT2D eigenvalue weighted by molar-refractivity contribution is 5.34. The molecular weight excluding hydrogens is 489 g/mol. The molecular formula is C32H43F3O3. The van der Waals surface area contributed by atoms with Gasteiger partial charge in [-0.1, -0.05) is 32.4 Å². The van der Waals surface area contributed by atoms with Crippen LogP contribution in [-0.2, 0) is 4.74 Å². The highest BCUT2D eigenvalue weighted by Crippen LogP contribution is 2.40. The van der Waals surface area contributed by atoms with Crippen molar-refractivity contribution in [3.63, 3.8) is 0 Å². The van der Waals surface area contributed by atoms with Crippen molar-refractivity contribution in [2.24, 2.45) is 5.92 Å². The lowest BCUT2D eigenvalue weighted by Gasteiger charge is -2.30. The van der Waals surface area contributed by atoms with E-state index in [1.807, 2.05) is 12.1 Å². The Morgan fingerprint density at radius 1 is 0.711 bits per heavy atom. The van der Waals surface area contributed by atoms with Crippen molar-refractivity contribution in [3.8, 4) is 11.5 Å². The van der Waals surface area contributed by atoms with Crippen LogP contribution in [0.4, 0.5) is 13.2 Å². The number of ether oxygens (including phenoxy) is 3. The fraction of sp³-hybridized carbons (Fsp3) is 0.625. The molecule has 2 saturated carbocycles. The summed E-state index contributed by atoms with van der Waals surface area (Å²) in [6, 6.07) is 8.48. The van der Waals surface area contributed by atoms with E-state index < -0.39 is 11.6 Å². The van der Waals surface area contributed by atoms with Gasteiger partial charge in [-0.3, -0.25) is 0 Å². The van der Waals surface area contributed by atoms with Gasteiger partial charge in [-0.15, -0.1) is 0 Å². The van der Waals surface area contributed by atoms with Gasteiger partial charge in [0.15, 0.2) is 11.6 Å². The zero-order valence-corrected chi connectivity index (χ0v) is 23.0. The van der Waals surface area contributed by atoms with Gasteiger partial charge in [-0.05, 0) is 105 Å². The second kappa shape index (κ2) is 14.3. The molecule has 0 aromatic heterocycles. The number of unbranched alkanes of at least 4 members (excludes halogenated alkanes) is 1. The number of hydrogen-bond donors (Lipinski definition) is 0. The van der Waals surface area contributed by atoms with Crippen LogP contribution >= 0.6 is 0 Å². The normalized spacial score (nSPS) is 23.8. The zero-order valence-electron chi connectivity index (χ0n) is 23.0. The van der Waals surface area contributed by atoms with E-state index in [0.717, 1.165) is 82.8 Å². The van der Waals surface area contributed by atoms with Crippen LogP contribution in [0.15, 0.2) is 30.3 Å². The van der Waals surface area contributed by atoms with Crippen molar-refractivity contribution in [2.75, 3.05) is 19.8 Å². The first-order valence-corrected chi connectivity index (χ1v) is 14.6. The Hall–Kier alpha value is -2.21. The van der Waals surface area contributed by atoms with Gasteiger partial charge in [0.1, 0.15) is 11.6 Å². The highest BCUT2D eigenvalue weighted by Gasteiger charge is 2.28. The first kappa shape index (κ1) is 28.8. The van der Waals surface area contributed by atoms with Gasteiger partial charge in [0, 0.05) is 12.7 Å². The van der Waals surface area contributed by atoms with Gasteiger partial charge < -0.3 is 14.2 Å². The maximum Gasteiger partial charge on any atom is 0.200 e.